The number of hydrogen-bond donors (Lipinski definition) is 1. The molecule has 3 rings (SSSR count). The van der Waals surface area contributed by atoms with Gasteiger partial charge in [-0.3, -0.25) is 4.79 Å². The number of nitrogens with one attached hydrogen (secondary N) is 1. The van der Waals surface area contributed by atoms with Crippen LogP contribution in [0.3, 0.4) is 0 Å². The molecule has 0 atom stereocenters. The molecule has 7 heteroatoms. The number of para-hydroxylation sites is 1. The van der Waals surface area contributed by atoms with E-state index in [-0.39, 0.29) is 25.0 Å². The van der Waals surface area contributed by atoms with Gasteiger partial charge < -0.3 is 23.6 Å². The Morgan fingerprint density at radius 3 is 2.70 bits per heavy atom. The minimum atomic E-state index is -0.707. The van der Waals surface area contributed by atoms with E-state index in [1.54, 1.807) is 18.2 Å². The van der Waals surface area contributed by atoms with E-state index in [4.69, 9.17) is 18.3 Å². The molecule has 3 aromatic rings. The van der Waals surface area contributed by atoms with E-state index in [0.29, 0.717) is 16.9 Å². The van der Waals surface area contributed by atoms with Gasteiger partial charge in [-0.25, -0.2) is 4.79 Å². The molecule has 0 bridgehead atoms. The van der Waals surface area contributed by atoms with E-state index in [1.807, 2.05) is 32.0 Å². The Balaban J connectivity index is 1.65. The van der Waals surface area contributed by atoms with Crippen molar-refractivity contribution >= 4 is 22.8 Å². The lowest BCUT2D eigenvalue weighted by molar-refractivity contribution is -0.124. The average Bonchev–Trinajstić information content (AvgIpc) is 3.30. The van der Waals surface area contributed by atoms with Crippen molar-refractivity contribution in [3.8, 4) is 0 Å². The quantitative estimate of drug-likeness (QED) is 0.610. The molecule has 0 unspecified atom stereocenters. The highest BCUT2D eigenvalue weighted by molar-refractivity contribution is 5.96. The zero-order chi connectivity index (χ0) is 19.2. The monoisotopic (exact) mass is 371 g/mol. The molecule has 7 nitrogen and oxygen atoms in total. The Bertz CT molecular complexity index is 910. The van der Waals surface area contributed by atoms with Crippen LogP contribution in [0.25, 0.3) is 11.0 Å². The second-order valence-electron chi connectivity index (χ2n) is 6.20. The summed E-state index contributed by atoms with van der Waals surface area (Å²) in [6, 6.07) is 10.8. The van der Waals surface area contributed by atoms with Gasteiger partial charge in [0.1, 0.15) is 11.3 Å². The van der Waals surface area contributed by atoms with Gasteiger partial charge in [-0.05, 0) is 32.0 Å². The second kappa shape index (κ2) is 8.55. The summed E-state index contributed by atoms with van der Waals surface area (Å²) >= 11 is 0. The van der Waals surface area contributed by atoms with E-state index in [0.717, 1.165) is 5.39 Å². The molecule has 0 aliphatic rings. The smallest absolute Gasteiger partial charge is 0.375 e. The molecule has 142 valence electrons. The molecular formula is C20H21NO6. The highest BCUT2D eigenvalue weighted by atomic mass is 16.5. The molecule has 0 saturated heterocycles. The van der Waals surface area contributed by atoms with Crippen molar-refractivity contribution < 1.29 is 27.9 Å². The zero-order valence-corrected chi connectivity index (χ0v) is 15.2. The summed E-state index contributed by atoms with van der Waals surface area (Å²) in [6.45, 7) is 3.83. The number of benzene rings is 1. The Morgan fingerprint density at radius 1 is 1.15 bits per heavy atom. The summed E-state index contributed by atoms with van der Waals surface area (Å²) < 4.78 is 21.5. The lowest BCUT2D eigenvalue weighted by Crippen LogP contribution is -2.28. The van der Waals surface area contributed by atoms with Crippen LogP contribution in [0, 0.1) is 0 Å². The third-order valence-corrected chi connectivity index (χ3v) is 3.82. The first-order valence-corrected chi connectivity index (χ1v) is 8.63. The molecule has 2 aromatic heterocycles. The number of carbonyl (C=O) groups is 2. The van der Waals surface area contributed by atoms with E-state index in [1.165, 1.54) is 6.26 Å². The predicted octanol–water partition coefficient (Wildman–Crippen LogP) is 3.42. The molecule has 0 aliphatic carbocycles. The number of carbonyl (C=O) groups excluding carboxylic acids is 2. The van der Waals surface area contributed by atoms with Crippen molar-refractivity contribution in [2.75, 3.05) is 6.61 Å². The third kappa shape index (κ3) is 4.77. The number of amides is 1. The molecular weight excluding hydrogens is 350 g/mol. The second-order valence-corrected chi connectivity index (χ2v) is 6.20. The first-order chi connectivity index (χ1) is 13.0. The summed E-state index contributed by atoms with van der Waals surface area (Å²) in [5.74, 6) is -0.478. The average molecular weight is 371 g/mol. The fraction of sp³-hybridized carbons (Fsp3) is 0.300. The summed E-state index contributed by atoms with van der Waals surface area (Å²) in [6.07, 6.45) is 1.51. The molecule has 1 aromatic carbocycles. The van der Waals surface area contributed by atoms with Crippen LogP contribution in [0.5, 0.6) is 0 Å². The van der Waals surface area contributed by atoms with Crippen LogP contribution in [0.15, 0.2) is 51.5 Å². The Kier molecular flexibility index (Phi) is 5.93. The van der Waals surface area contributed by atoms with Crippen LogP contribution in [-0.2, 0) is 27.4 Å². The normalized spacial score (nSPS) is 11.1. The highest BCUT2D eigenvalue weighted by Gasteiger charge is 2.23. The Morgan fingerprint density at radius 2 is 1.96 bits per heavy atom. The van der Waals surface area contributed by atoms with Gasteiger partial charge in [0.15, 0.2) is 6.61 Å². The summed E-state index contributed by atoms with van der Waals surface area (Å²) in [7, 11) is 0. The lowest BCUT2D eigenvalue weighted by atomic mass is 10.1. The van der Waals surface area contributed by atoms with Crippen LogP contribution in [0.4, 0.5) is 0 Å². The largest absolute Gasteiger partial charge is 0.467 e. The molecule has 2 heterocycles. The molecule has 0 saturated carbocycles. The van der Waals surface area contributed by atoms with Crippen LogP contribution < -0.4 is 5.32 Å². The molecule has 0 spiro atoms. The molecule has 0 aliphatic heterocycles. The standard InChI is InChI=1S/C20H21NO6/c1-13(2)25-11-16-15-7-3-4-8-17(15)27-19(16)20(23)26-12-18(22)21-10-14-6-5-9-24-14/h3-9,13H,10-12H2,1-2H3,(H,21,22). The van der Waals surface area contributed by atoms with Crippen molar-refractivity contribution in [1.82, 2.24) is 5.32 Å². The molecule has 1 amide bonds. The molecule has 27 heavy (non-hydrogen) atoms. The van der Waals surface area contributed by atoms with Crippen molar-refractivity contribution in [3.63, 3.8) is 0 Å². The van der Waals surface area contributed by atoms with Crippen LogP contribution in [-0.4, -0.2) is 24.6 Å². The first-order valence-electron chi connectivity index (χ1n) is 8.63. The van der Waals surface area contributed by atoms with Gasteiger partial charge in [0, 0.05) is 10.9 Å². The van der Waals surface area contributed by atoms with Crippen molar-refractivity contribution in [2.45, 2.75) is 33.1 Å². The van der Waals surface area contributed by atoms with Gasteiger partial charge in [0.05, 0.1) is 25.5 Å². The predicted molar refractivity (Wildman–Crippen MR) is 97.0 cm³/mol. The Labute approximate surface area is 156 Å². The number of esters is 1. The number of rotatable bonds is 8. The maximum Gasteiger partial charge on any atom is 0.375 e. The summed E-state index contributed by atoms with van der Waals surface area (Å²) in [5.41, 5.74) is 1.18. The first kappa shape index (κ1) is 18.7. The SMILES string of the molecule is CC(C)OCc1c(C(=O)OCC(=O)NCc2ccco2)oc2ccccc12. The molecule has 0 radical (unpaired) electrons. The van der Waals surface area contributed by atoms with Gasteiger partial charge in [-0.15, -0.1) is 0 Å². The number of furan rings is 2. The van der Waals surface area contributed by atoms with Crippen LogP contribution >= 0.6 is 0 Å². The Hall–Kier alpha value is -3.06. The maximum absolute atomic E-state index is 12.4. The third-order valence-electron chi connectivity index (χ3n) is 3.82. The van der Waals surface area contributed by atoms with E-state index >= 15 is 0 Å². The van der Waals surface area contributed by atoms with E-state index in [9.17, 15) is 9.59 Å². The van der Waals surface area contributed by atoms with Crippen molar-refractivity contribution in [1.29, 1.82) is 0 Å². The van der Waals surface area contributed by atoms with E-state index in [2.05, 4.69) is 5.32 Å². The van der Waals surface area contributed by atoms with Gasteiger partial charge in [-0.1, -0.05) is 18.2 Å². The maximum atomic E-state index is 12.4. The van der Waals surface area contributed by atoms with Crippen LogP contribution in [0.1, 0.15) is 35.7 Å². The molecule has 1 N–H and O–H groups in total. The molecule has 0 fully saturated rings. The summed E-state index contributed by atoms with van der Waals surface area (Å²) in [5, 5.41) is 3.39. The van der Waals surface area contributed by atoms with Crippen molar-refractivity contribution in [3.05, 3.63) is 59.7 Å². The minimum absolute atomic E-state index is 0.00471. The summed E-state index contributed by atoms with van der Waals surface area (Å²) in [4.78, 5) is 24.3. The van der Waals surface area contributed by atoms with Gasteiger partial charge in [-0.2, -0.15) is 0 Å². The van der Waals surface area contributed by atoms with Gasteiger partial charge in [0.2, 0.25) is 5.76 Å². The van der Waals surface area contributed by atoms with Crippen LogP contribution in [0.2, 0.25) is 0 Å². The zero-order valence-electron chi connectivity index (χ0n) is 15.2. The topological polar surface area (TPSA) is 90.9 Å². The number of ether oxygens (including phenoxy) is 2. The number of hydrogen-bond acceptors (Lipinski definition) is 6. The number of fused-ring (bicyclic) bond motifs is 1. The fourth-order valence-corrected chi connectivity index (χ4v) is 2.50. The van der Waals surface area contributed by atoms with Gasteiger partial charge >= 0.3 is 5.97 Å². The van der Waals surface area contributed by atoms with Gasteiger partial charge in [0.25, 0.3) is 5.91 Å². The highest BCUT2D eigenvalue weighted by Crippen LogP contribution is 2.27. The minimum Gasteiger partial charge on any atom is -0.467 e. The lowest BCUT2D eigenvalue weighted by Gasteiger charge is -2.08. The van der Waals surface area contributed by atoms with Crippen molar-refractivity contribution in [2.24, 2.45) is 0 Å². The fourth-order valence-electron chi connectivity index (χ4n) is 2.50. The van der Waals surface area contributed by atoms with E-state index < -0.39 is 18.5 Å².